The van der Waals surface area contributed by atoms with Crippen LogP contribution in [0.5, 0.6) is 0 Å². The van der Waals surface area contributed by atoms with Gasteiger partial charge in [-0.15, -0.1) is 0 Å². The topological polar surface area (TPSA) is 60.5 Å². The van der Waals surface area contributed by atoms with Crippen molar-refractivity contribution in [2.75, 3.05) is 5.32 Å². The monoisotopic (exact) mass is 290 g/mol. The SMILES string of the molecule is CCC(=O)Nc1ccc(B2OC(C)(C)C(C)(C)O2)c(C)n1. The van der Waals surface area contributed by atoms with Gasteiger partial charge in [-0.3, -0.25) is 4.79 Å². The molecule has 1 aliphatic heterocycles. The predicted octanol–water partition coefficient (Wildman–Crippen LogP) is 2.04. The fraction of sp³-hybridized carbons (Fsp3) is 0.600. The first-order chi connectivity index (χ1) is 9.66. The van der Waals surface area contributed by atoms with E-state index in [1.54, 1.807) is 13.0 Å². The summed E-state index contributed by atoms with van der Waals surface area (Å²) in [6, 6.07) is 3.68. The van der Waals surface area contributed by atoms with Gasteiger partial charge in [-0.2, -0.15) is 0 Å². The molecule has 1 saturated heterocycles. The Labute approximate surface area is 126 Å². The van der Waals surface area contributed by atoms with Crippen molar-refractivity contribution in [3.8, 4) is 0 Å². The van der Waals surface area contributed by atoms with Gasteiger partial charge < -0.3 is 14.6 Å². The van der Waals surface area contributed by atoms with Crippen molar-refractivity contribution in [1.82, 2.24) is 4.98 Å². The van der Waals surface area contributed by atoms with E-state index in [9.17, 15) is 4.79 Å². The molecule has 1 amide bonds. The maximum Gasteiger partial charge on any atom is 0.496 e. The summed E-state index contributed by atoms with van der Waals surface area (Å²) in [5.41, 5.74) is 0.934. The predicted molar refractivity (Wildman–Crippen MR) is 83.6 cm³/mol. The first kappa shape index (κ1) is 16.0. The molecule has 5 nitrogen and oxygen atoms in total. The summed E-state index contributed by atoms with van der Waals surface area (Å²) < 4.78 is 12.0. The van der Waals surface area contributed by atoms with E-state index in [-0.39, 0.29) is 17.1 Å². The molecule has 1 aromatic heterocycles. The lowest BCUT2D eigenvalue weighted by atomic mass is 9.78. The normalized spacial score (nSPS) is 19.6. The van der Waals surface area contributed by atoms with Gasteiger partial charge in [0.05, 0.1) is 11.2 Å². The molecule has 0 aromatic carbocycles. The molecule has 2 heterocycles. The summed E-state index contributed by atoms with van der Waals surface area (Å²) in [5, 5.41) is 2.75. The second-order valence-corrected chi connectivity index (χ2v) is 6.36. The van der Waals surface area contributed by atoms with Crippen molar-refractivity contribution in [3.05, 3.63) is 17.8 Å². The van der Waals surface area contributed by atoms with Crippen LogP contribution in [0.3, 0.4) is 0 Å². The molecule has 1 fully saturated rings. The maximum atomic E-state index is 11.4. The minimum absolute atomic E-state index is 0.0507. The molecule has 1 N–H and O–H groups in total. The highest BCUT2D eigenvalue weighted by Crippen LogP contribution is 2.36. The van der Waals surface area contributed by atoms with E-state index in [1.807, 2.05) is 40.7 Å². The number of nitrogens with zero attached hydrogens (tertiary/aromatic N) is 1. The van der Waals surface area contributed by atoms with Crippen LogP contribution < -0.4 is 10.8 Å². The molecule has 0 saturated carbocycles. The standard InChI is InChI=1S/C15H23BN2O3/c1-7-13(19)18-12-9-8-11(10(2)17-12)16-20-14(3,4)15(5,6)21-16/h8-9H,7H2,1-6H3,(H,17,18,19). The molecule has 1 aromatic rings. The third-order valence-corrected chi connectivity index (χ3v) is 4.22. The number of pyridine rings is 1. The zero-order chi connectivity index (χ0) is 15.8. The first-order valence-electron chi connectivity index (χ1n) is 7.29. The Balaban J connectivity index is 2.21. The molecule has 0 unspecified atom stereocenters. The van der Waals surface area contributed by atoms with E-state index in [1.165, 1.54) is 0 Å². The Hall–Kier alpha value is -1.40. The van der Waals surface area contributed by atoms with E-state index < -0.39 is 7.12 Å². The van der Waals surface area contributed by atoms with Gasteiger partial charge in [0.2, 0.25) is 5.91 Å². The minimum atomic E-state index is -0.432. The highest BCUT2D eigenvalue weighted by molar-refractivity contribution is 6.62. The third kappa shape index (κ3) is 3.11. The second-order valence-electron chi connectivity index (χ2n) is 6.36. The molecular weight excluding hydrogens is 267 g/mol. The minimum Gasteiger partial charge on any atom is -0.399 e. The van der Waals surface area contributed by atoms with Gasteiger partial charge >= 0.3 is 7.12 Å². The van der Waals surface area contributed by atoms with Gasteiger partial charge in [0, 0.05) is 17.6 Å². The molecule has 0 spiro atoms. The Morgan fingerprint density at radius 1 is 1.24 bits per heavy atom. The smallest absolute Gasteiger partial charge is 0.399 e. The number of hydrogen-bond donors (Lipinski definition) is 1. The molecule has 2 rings (SSSR count). The molecule has 1 aliphatic rings. The van der Waals surface area contributed by atoms with Crippen molar-refractivity contribution in [2.24, 2.45) is 0 Å². The molecule has 21 heavy (non-hydrogen) atoms. The zero-order valence-corrected chi connectivity index (χ0v) is 13.6. The Kier molecular flexibility index (Phi) is 4.13. The van der Waals surface area contributed by atoms with Gasteiger partial charge in [0.25, 0.3) is 0 Å². The van der Waals surface area contributed by atoms with Crippen molar-refractivity contribution >= 4 is 24.3 Å². The van der Waals surface area contributed by atoms with Crippen LogP contribution in [0.4, 0.5) is 5.82 Å². The summed E-state index contributed by atoms with van der Waals surface area (Å²) >= 11 is 0. The van der Waals surface area contributed by atoms with Crippen LogP contribution in [-0.2, 0) is 14.1 Å². The second kappa shape index (κ2) is 5.42. The lowest BCUT2D eigenvalue weighted by Gasteiger charge is -2.32. The van der Waals surface area contributed by atoms with Crippen LogP contribution in [0, 0.1) is 6.92 Å². The summed E-state index contributed by atoms with van der Waals surface area (Å²) in [7, 11) is -0.432. The van der Waals surface area contributed by atoms with E-state index in [0.29, 0.717) is 12.2 Å². The van der Waals surface area contributed by atoms with Crippen LogP contribution in [0.15, 0.2) is 12.1 Å². The molecule has 114 valence electrons. The van der Waals surface area contributed by atoms with Gasteiger partial charge in [0.1, 0.15) is 5.82 Å². The van der Waals surface area contributed by atoms with Crippen LogP contribution in [-0.4, -0.2) is 29.2 Å². The molecule has 6 heteroatoms. The summed E-state index contributed by atoms with van der Waals surface area (Å²) in [4.78, 5) is 15.8. The highest BCUT2D eigenvalue weighted by atomic mass is 16.7. The number of amides is 1. The summed E-state index contributed by atoms with van der Waals surface area (Å²) in [6.45, 7) is 11.8. The number of rotatable bonds is 3. The molecule has 0 aliphatic carbocycles. The molecular formula is C15H23BN2O3. The fourth-order valence-corrected chi connectivity index (χ4v) is 2.09. The van der Waals surface area contributed by atoms with Crippen molar-refractivity contribution in [1.29, 1.82) is 0 Å². The fourth-order valence-electron chi connectivity index (χ4n) is 2.09. The lowest BCUT2D eigenvalue weighted by Crippen LogP contribution is -2.41. The van der Waals surface area contributed by atoms with Gasteiger partial charge in [0.15, 0.2) is 0 Å². The lowest BCUT2D eigenvalue weighted by molar-refractivity contribution is -0.115. The van der Waals surface area contributed by atoms with E-state index in [0.717, 1.165) is 11.2 Å². The van der Waals surface area contributed by atoms with Gasteiger partial charge in [-0.1, -0.05) is 13.0 Å². The first-order valence-corrected chi connectivity index (χ1v) is 7.29. The maximum absolute atomic E-state index is 11.4. The van der Waals surface area contributed by atoms with Crippen LogP contribution in [0.2, 0.25) is 0 Å². The Morgan fingerprint density at radius 3 is 2.29 bits per heavy atom. The number of aromatic nitrogens is 1. The number of hydrogen-bond acceptors (Lipinski definition) is 4. The van der Waals surface area contributed by atoms with Gasteiger partial charge in [-0.25, -0.2) is 4.98 Å². The van der Waals surface area contributed by atoms with Crippen LogP contribution in [0.25, 0.3) is 0 Å². The Bertz CT molecular complexity index is 542. The number of aryl methyl sites for hydroxylation is 1. The largest absolute Gasteiger partial charge is 0.496 e. The van der Waals surface area contributed by atoms with E-state index >= 15 is 0 Å². The van der Waals surface area contributed by atoms with Crippen molar-refractivity contribution in [3.63, 3.8) is 0 Å². The average Bonchev–Trinajstić information content (AvgIpc) is 2.58. The summed E-state index contributed by atoms with van der Waals surface area (Å²) in [5.74, 6) is 0.505. The summed E-state index contributed by atoms with van der Waals surface area (Å²) in [6.07, 6.45) is 0.430. The highest BCUT2D eigenvalue weighted by Gasteiger charge is 2.52. The van der Waals surface area contributed by atoms with E-state index in [4.69, 9.17) is 9.31 Å². The molecule has 0 radical (unpaired) electrons. The quantitative estimate of drug-likeness (QED) is 0.865. The average molecular weight is 290 g/mol. The molecule has 0 atom stereocenters. The number of carbonyl (C=O) groups excluding carboxylic acids is 1. The van der Waals surface area contributed by atoms with Crippen LogP contribution >= 0.6 is 0 Å². The van der Waals surface area contributed by atoms with Crippen LogP contribution in [0.1, 0.15) is 46.7 Å². The third-order valence-electron chi connectivity index (χ3n) is 4.22. The van der Waals surface area contributed by atoms with Crippen molar-refractivity contribution < 1.29 is 14.1 Å². The zero-order valence-electron chi connectivity index (χ0n) is 13.6. The van der Waals surface area contributed by atoms with Gasteiger partial charge in [-0.05, 0) is 40.7 Å². The number of nitrogens with one attached hydrogen (secondary N) is 1. The van der Waals surface area contributed by atoms with E-state index in [2.05, 4.69) is 10.3 Å². The number of anilines is 1. The van der Waals surface area contributed by atoms with Crippen molar-refractivity contribution in [2.45, 2.75) is 59.2 Å². The molecule has 0 bridgehead atoms. The Morgan fingerprint density at radius 2 is 1.81 bits per heavy atom. The number of carbonyl (C=O) groups is 1.